The Kier molecular flexibility index (Phi) is 4.11. The fourth-order valence-electron chi connectivity index (χ4n) is 1.48. The monoisotopic (exact) mass is 294 g/mol. The van der Waals surface area contributed by atoms with Gasteiger partial charge in [0.2, 0.25) is 0 Å². The number of hydrogen-bond donors (Lipinski definition) is 1. The summed E-state index contributed by atoms with van der Waals surface area (Å²) in [5.41, 5.74) is 0.136. The largest absolute Gasteiger partial charge is 0.476 e. The molecule has 0 saturated heterocycles. The molecule has 2 aromatic rings. The van der Waals surface area contributed by atoms with E-state index < -0.39 is 5.97 Å². The van der Waals surface area contributed by atoms with Crippen molar-refractivity contribution in [2.45, 2.75) is 26.7 Å². The predicted octanol–water partition coefficient (Wildman–Crippen LogP) is 3.90. The SMILES string of the molecule is Cc1sc(/C=C/c2cnc(C(C)C)s2)nc1C(=O)O. The lowest BCUT2D eigenvalue weighted by molar-refractivity contribution is 0.0690. The molecular formula is C13H14N2O2S2. The molecule has 0 amide bonds. The molecule has 0 radical (unpaired) electrons. The Balaban J connectivity index is 2.17. The first kappa shape index (κ1) is 13.9. The zero-order valence-corrected chi connectivity index (χ0v) is 12.5. The summed E-state index contributed by atoms with van der Waals surface area (Å²) in [5.74, 6) is -0.554. The Bertz CT molecular complexity index is 626. The van der Waals surface area contributed by atoms with Crippen molar-refractivity contribution >= 4 is 40.8 Å². The number of thiazole rings is 2. The summed E-state index contributed by atoms with van der Waals surface area (Å²) in [5, 5.41) is 10.7. The number of aromatic nitrogens is 2. The van der Waals surface area contributed by atoms with E-state index in [1.54, 1.807) is 18.3 Å². The lowest BCUT2D eigenvalue weighted by Crippen LogP contribution is -1.98. The van der Waals surface area contributed by atoms with Crippen LogP contribution in [0.1, 0.15) is 50.0 Å². The van der Waals surface area contributed by atoms with Crippen LogP contribution >= 0.6 is 22.7 Å². The molecule has 0 aliphatic carbocycles. The van der Waals surface area contributed by atoms with Gasteiger partial charge in [0.05, 0.1) is 5.01 Å². The number of nitrogens with zero attached hydrogens (tertiary/aromatic N) is 2. The highest BCUT2D eigenvalue weighted by Crippen LogP contribution is 2.24. The predicted molar refractivity (Wildman–Crippen MR) is 78.9 cm³/mol. The number of hydrogen-bond acceptors (Lipinski definition) is 5. The van der Waals surface area contributed by atoms with Gasteiger partial charge in [-0.25, -0.2) is 14.8 Å². The molecule has 0 saturated carbocycles. The number of carbonyl (C=O) groups is 1. The third-order valence-electron chi connectivity index (χ3n) is 2.44. The van der Waals surface area contributed by atoms with Crippen LogP contribution in [0.2, 0.25) is 0 Å². The molecule has 19 heavy (non-hydrogen) atoms. The van der Waals surface area contributed by atoms with Gasteiger partial charge in [0.15, 0.2) is 5.69 Å². The molecule has 0 spiro atoms. The maximum absolute atomic E-state index is 10.9. The van der Waals surface area contributed by atoms with Gasteiger partial charge < -0.3 is 5.11 Å². The van der Waals surface area contributed by atoms with Gasteiger partial charge in [0.1, 0.15) is 5.01 Å². The molecule has 100 valence electrons. The Morgan fingerprint density at radius 3 is 2.63 bits per heavy atom. The fourth-order valence-corrected chi connectivity index (χ4v) is 3.13. The summed E-state index contributed by atoms with van der Waals surface area (Å²) >= 11 is 3.02. The zero-order chi connectivity index (χ0) is 14.0. The van der Waals surface area contributed by atoms with Crippen LogP contribution in [-0.2, 0) is 0 Å². The van der Waals surface area contributed by atoms with E-state index in [0.717, 1.165) is 14.8 Å². The number of aryl methyl sites for hydroxylation is 1. The van der Waals surface area contributed by atoms with Crippen molar-refractivity contribution in [2.75, 3.05) is 0 Å². The van der Waals surface area contributed by atoms with E-state index in [0.29, 0.717) is 10.9 Å². The average molecular weight is 294 g/mol. The minimum absolute atomic E-state index is 0.136. The van der Waals surface area contributed by atoms with Crippen LogP contribution in [0, 0.1) is 6.92 Å². The van der Waals surface area contributed by atoms with E-state index in [2.05, 4.69) is 23.8 Å². The lowest BCUT2D eigenvalue weighted by atomic mass is 10.2. The number of rotatable bonds is 4. The van der Waals surface area contributed by atoms with E-state index >= 15 is 0 Å². The first-order valence-corrected chi connectivity index (χ1v) is 7.45. The van der Waals surface area contributed by atoms with E-state index in [1.165, 1.54) is 11.3 Å². The molecular weight excluding hydrogens is 280 g/mol. The van der Waals surface area contributed by atoms with Crippen molar-refractivity contribution in [1.82, 2.24) is 9.97 Å². The standard InChI is InChI=1S/C13H14N2O2S2/c1-7(2)12-14-6-9(19-12)4-5-10-15-11(13(16)17)8(3)18-10/h4-7H,1-3H3,(H,16,17)/b5-4+. The highest BCUT2D eigenvalue weighted by atomic mass is 32.1. The second kappa shape index (κ2) is 5.63. The van der Waals surface area contributed by atoms with Gasteiger partial charge in [0.25, 0.3) is 0 Å². The molecule has 0 bridgehead atoms. The van der Waals surface area contributed by atoms with Crippen LogP contribution in [0.5, 0.6) is 0 Å². The van der Waals surface area contributed by atoms with Gasteiger partial charge in [0, 0.05) is 21.9 Å². The molecule has 6 heteroatoms. The molecule has 0 unspecified atom stereocenters. The summed E-state index contributed by atoms with van der Waals surface area (Å²) in [7, 11) is 0. The van der Waals surface area contributed by atoms with Crippen molar-refractivity contribution in [3.05, 3.63) is 31.7 Å². The van der Waals surface area contributed by atoms with Crippen molar-refractivity contribution in [3.8, 4) is 0 Å². The van der Waals surface area contributed by atoms with Crippen molar-refractivity contribution in [2.24, 2.45) is 0 Å². The van der Waals surface area contributed by atoms with Gasteiger partial charge in [-0.1, -0.05) is 13.8 Å². The smallest absolute Gasteiger partial charge is 0.355 e. The lowest BCUT2D eigenvalue weighted by Gasteiger charge is -1.94. The van der Waals surface area contributed by atoms with Crippen LogP contribution in [0.3, 0.4) is 0 Å². The molecule has 0 aliphatic heterocycles. The maximum atomic E-state index is 10.9. The second-order valence-electron chi connectivity index (χ2n) is 4.35. The molecule has 0 fully saturated rings. The van der Waals surface area contributed by atoms with Gasteiger partial charge in [-0.05, 0) is 19.1 Å². The molecule has 1 N–H and O–H groups in total. The summed E-state index contributed by atoms with van der Waals surface area (Å²) in [6, 6.07) is 0. The Morgan fingerprint density at radius 2 is 2.11 bits per heavy atom. The van der Waals surface area contributed by atoms with Crippen molar-refractivity contribution in [1.29, 1.82) is 0 Å². The van der Waals surface area contributed by atoms with E-state index in [1.807, 2.05) is 18.3 Å². The highest BCUT2D eigenvalue weighted by molar-refractivity contribution is 7.13. The summed E-state index contributed by atoms with van der Waals surface area (Å²) in [4.78, 5) is 21.1. The number of aromatic carboxylic acids is 1. The maximum Gasteiger partial charge on any atom is 0.355 e. The molecule has 4 nitrogen and oxygen atoms in total. The van der Waals surface area contributed by atoms with Crippen molar-refractivity contribution < 1.29 is 9.90 Å². The number of carboxylic acids is 1. The van der Waals surface area contributed by atoms with Crippen LogP contribution in [0.4, 0.5) is 0 Å². The summed E-state index contributed by atoms with van der Waals surface area (Å²) < 4.78 is 0. The molecule has 0 aromatic carbocycles. The van der Waals surface area contributed by atoms with Crippen LogP contribution in [-0.4, -0.2) is 21.0 Å². The average Bonchev–Trinajstić information content (AvgIpc) is 2.92. The third kappa shape index (κ3) is 3.27. The topological polar surface area (TPSA) is 63.1 Å². The Hall–Kier alpha value is -1.53. The molecule has 0 atom stereocenters. The van der Waals surface area contributed by atoms with E-state index in [-0.39, 0.29) is 5.69 Å². The van der Waals surface area contributed by atoms with E-state index in [4.69, 9.17) is 5.11 Å². The van der Waals surface area contributed by atoms with Crippen LogP contribution < -0.4 is 0 Å². The molecule has 2 aromatic heterocycles. The number of carboxylic acid groups (broad SMARTS) is 1. The third-order valence-corrected chi connectivity index (χ3v) is 4.64. The van der Waals surface area contributed by atoms with Crippen molar-refractivity contribution in [3.63, 3.8) is 0 Å². The van der Waals surface area contributed by atoms with Crippen LogP contribution in [0.25, 0.3) is 12.2 Å². The van der Waals surface area contributed by atoms with Gasteiger partial charge in [-0.3, -0.25) is 0 Å². The highest BCUT2D eigenvalue weighted by Gasteiger charge is 2.12. The first-order chi connectivity index (χ1) is 8.97. The Morgan fingerprint density at radius 1 is 1.37 bits per heavy atom. The normalized spacial score (nSPS) is 11.6. The van der Waals surface area contributed by atoms with Gasteiger partial charge >= 0.3 is 5.97 Å². The minimum Gasteiger partial charge on any atom is -0.476 e. The van der Waals surface area contributed by atoms with Crippen LogP contribution in [0.15, 0.2) is 6.20 Å². The first-order valence-electron chi connectivity index (χ1n) is 5.82. The Labute approximate surface area is 119 Å². The quantitative estimate of drug-likeness (QED) is 0.929. The fraction of sp³-hybridized carbons (Fsp3) is 0.308. The molecule has 2 heterocycles. The second-order valence-corrected chi connectivity index (χ2v) is 6.68. The van der Waals surface area contributed by atoms with E-state index in [9.17, 15) is 4.79 Å². The van der Waals surface area contributed by atoms with Gasteiger partial charge in [-0.15, -0.1) is 22.7 Å². The zero-order valence-electron chi connectivity index (χ0n) is 10.9. The summed E-state index contributed by atoms with van der Waals surface area (Å²) in [6.45, 7) is 5.98. The minimum atomic E-state index is -0.978. The molecule has 0 aliphatic rings. The molecule has 2 rings (SSSR count). The van der Waals surface area contributed by atoms with Gasteiger partial charge in [-0.2, -0.15) is 0 Å². The summed E-state index contributed by atoms with van der Waals surface area (Å²) in [6.07, 6.45) is 5.59.